The number of imidazole rings is 1. The Morgan fingerprint density at radius 3 is 1.88 bits per heavy atom. The first-order chi connectivity index (χ1) is 24.9. The van der Waals surface area contributed by atoms with Gasteiger partial charge in [-0.05, 0) is 95.8 Å². The fraction of sp³-hybridized carbons (Fsp3) is 0.174. The Kier molecular flexibility index (Phi) is 7.57. The number of ether oxygens (including phenoxy) is 1. The summed E-state index contributed by atoms with van der Waals surface area (Å²) in [5.41, 5.74) is 9.49. The maximum Gasteiger partial charge on any atom is 0.145 e. The third-order valence-corrected chi connectivity index (χ3v) is 9.94. The molecule has 0 bridgehead atoms. The zero-order valence-corrected chi connectivity index (χ0v) is 29.5. The average molecular weight is 665 g/mol. The molecule has 0 aliphatic heterocycles. The van der Waals surface area contributed by atoms with E-state index >= 15 is 0 Å². The van der Waals surface area contributed by atoms with Gasteiger partial charge in [0, 0.05) is 39.4 Å². The van der Waals surface area contributed by atoms with Gasteiger partial charge < -0.3 is 4.74 Å². The molecule has 250 valence electrons. The van der Waals surface area contributed by atoms with Crippen LogP contribution in [0.2, 0.25) is 0 Å². The van der Waals surface area contributed by atoms with E-state index in [0.717, 1.165) is 74.2 Å². The van der Waals surface area contributed by atoms with Crippen LogP contribution >= 0.6 is 0 Å². The van der Waals surface area contributed by atoms with Crippen molar-refractivity contribution in [3.63, 3.8) is 0 Å². The van der Waals surface area contributed by atoms with E-state index in [1.165, 1.54) is 27.5 Å². The summed E-state index contributed by atoms with van der Waals surface area (Å²) in [5, 5.41) is 5.76. The highest BCUT2D eigenvalue weighted by atomic mass is 16.5. The number of para-hydroxylation sites is 2. The van der Waals surface area contributed by atoms with Crippen LogP contribution < -0.4 is 4.74 Å². The zero-order valence-electron chi connectivity index (χ0n) is 29.5. The van der Waals surface area contributed by atoms with Crippen molar-refractivity contribution in [3.05, 3.63) is 145 Å². The molecule has 0 saturated carbocycles. The summed E-state index contributed by atoms with van der Waals surface area (Å²) in [7, 11) is 0. The van der Waals surface area contributed by atoms with Crippen molar-refractivity contribution < 1.29 is 4.74 Å². The molecule has 0 atom stereocenters. The largest absolute Gasteiger partial charge is 0.457 e. The minimum Gasteiger partial charge on any atom is -0.457 e. The predicted octanol–water partition coefficient (Wildman–Crippen LogP) is 12.0. The molecule has 0 amide bonds. The quantitative estimate of drug-likeness (QED) is 0.152. The summed E-state index contributed by atoms with van der Waals surface area (Å²) < 4.78 is 11.3. The van der Waals surface area contributed by atoms with Gasteiger partial charge in [0.2, 0.25) is 0 Å². The highest BCUT2D eigenvalue weighted by molar-refractivity contribution is 6.13. The van der Waals surface area contributed by atoms with Crippen LogP contribution in [0.3, 0.4) is 0 Å². The lowest BCUT2D eigenvalue weighted by Crippen LogP contribution is -2.05. The molecular weight excluding hydrogens is 625 g/mol. The fourth-order valence-corrected chi connectivity index (χ4v) is 7.95. The molecule has 5 nitrogen and oxygen atoms in total. The lowest BCUT2D eigenvalue weighted by atomic mass is 9.89. The van der Waals surface area contributed by atoms with Crippen molar-refractivity contribution >= 4 is 49.1 Å². The molecular formula is C46H40N4O. The third-order valence-electron chi connectivity index (χ3n) is 9.94. The van der Waals surface area contributed by atoms with Gasteiger partial charge in [-0.2, -0.15) is 0 Å². The van der Waals surface area contributed by atoms with E-state index in [0.29, 0.717) is 11.8 Å². The molecule has 0 saturated heterocycles. The molecule has 51 heavy (non-hydrogen) atoms. The average Bonchev–Trinajstić information content (AvgIpc) is 3.72. The van der Waals surface area contributed by atoms with Crippen molar-refractivity contribution in [1.29, 1.82) is 0 Å². The van der Waals surface area contributed by atoms with Crippen LogP contribution in [0.15, 0.2) is 134 Å². The number of aromatic nitrogens is 4. The van der Waals surface area contributed by atoms with Gasteiger partial charge in [-0.25, -0.2) is 9.97 Å². The Balaban J connectivity index is 1.22. The lowest BCUT2D eigenvalue weighted by Gasteiger charge is -2.19. The van der Waals surface area contributed by atoms with Crippen molar-refractivity contribution in [2.24, 2.45) is 11.8 Å². The predicted molar refractivity (Wildman–Crippen MR) is 211 cm³/mol. The second kappa shape index (κ2) is 12.4. The second-order valence-corrected chi connectivity index (χ2v) is 14.5. The van der Waals surface area contributed by atoms with Crippen molar-refractivity contribution in [3.8, 4) is 28.6 Å². The Morgan fingerprint density at radius 1 is 0.549 bits per heavy atom. The molecule has 5 aromatic carbocycles. The minimum atomic E-state index is 0.541. The monoisotopic (exact) mass is 664 g/mol. The van der Waals surface area contributed by atoms with Gasteiger partial charge in [-0.3, -0.25) is 8.97 Å². The Labute approximate surface area is 297 Å². The molecule has 0 unspecified atom stereocenters. The first kappa shape index (κ1) is 31.1. The van der Waals surface area contributed by atoms with E-state index in [1.54, 1.807) is 0 Å². The van der Waals surface area contributed by atoms with Crippen LogP contribution in [0.4, 0.5) is 0 Å². The first-order valence-electron chi connectivity index (χ1n) is 18.0. The summed E-state index contributed by atoms with van der Waals surface area (Å²) in [6, 6.07) is 42.8. The standard InChI is InChI=1S/C46H40N4O/c1-29(2)24-31-12-11-13-32(25-30(3)4)45(31)43-28-48-46-39-26-33(19-21-35(39)36-14-5-8-17-41(36)50(43)46)51-34-20-22-38-37-15-6-7-16-40(37)49(42(38)27-34)44-18-9-10-23-47-44/h5-23,26-30H,24-25H2,1-4H3. The molecule has 5 heteroatoms. The zero-order chi connectivity index (χ0) is 34.6. The number of benzene rings is 5. The highest BCUT2D eigenvalue weighted by Crippen LogP contribution is 2.40. The smallest absolute Gasteiger partial charge is 0.145 e. The van der Waals surface area contributed by atoms with Gasteiger partial charge in [-0.1, -0.05) is 88.4 Å². The molecule has 4 aromatic heterocycles. The first-order valence-corrected chi connectivity index (χ1v) is 18.0. The number of rotatable bonds is 8. The molecule has 0 spiro atoms. The van der Waals surface area contributed by atoms with E-state index < -0.39 is 0 Å². The molecule has 4 heterocycles. The Hall–Kier alpha value is -5.94. The van der Waals surface area contributed by atoms with Crippen LogP contribution in [0.1, 0.15) is 38.8 Å². The topological polar surface area (TPSA) is 44.3 Å². The highest BCUT2D eigenvalue weighted by Gasteiger charge is 2.21. The summed E-state index contributed by atoms with van der Waals surface area (Å²) in [6.45, 7) is 9.20. The molecule has 0 aliphatic rings. The minimum absolute atomic E-state index is 0.541. The molecule has 0 radical (unpaired) electrons. The molecule has 9 rings (SSSR count). The Bertz CT molecular complexity index is 2710. The summed E-state index contributed by atoms with van der Waals surface area (Å²) in [4.78, 5) is 9.87. The van der Waals surface area contributed by atoms with E-state index in [2.05, 4.69) is 146 Å². The number of hydrogen-bond donors (Lipinski definition) is 0. The summed E-state index contributed by atoms with van der Waals surface area (Å²) in [6.07, 6.45) is 5.95. The Morgan fingerprint density at radius 2 is 1.18 bits per heavy atom. The maximum atomic E-state index is 6.69. The maximum absolute atomic E-state index is 6.69. The molecule has 0 N–H and O–H groups in total. The lowest BCUT2D eigenvalue weighted by molar-refractivity contribution is 0.484. The van der Waals surface area contributed by atoms with Crippen molar-refractivity contribution in [2.75, 3.05) is 0 Å². The second-order valence-electron chi connectivity index (χ2n) is 14.5. The van der Waals surface area contributed by atoms with E-state index in [-0.39, 0.29) is 0 Å². The summed E-state index contributed by atoms with van der Waals surface area (Å²) in [5.74, 6) is 3.49. The van der Waals surface area contributed by atoms with Crippen molar-refractivity contribution in [1.82, 2.24) is 18.9 Å². The number of fused-ring (bicyclic) bond motifs is 9. The fourth-order valence-electron chi connectivity index (χ4n) is 7.95. The van der Waals surface area contributed by atoms with Crippen LogP contribution in [0.25, 0.3) is 66.2 Å². The van der Waals surface area contributed by atoms with Crippen LogP contribution in [0, 0.1) is 11.8 Å². The summed E-state index contributed by atoms with van der Waals surface area (Å²) >= 11 is 0. The van der Waals surface area contributed by atoms with E-state index in [1.807, 2.05) is 24.4 Å². The van der Waals surface area contributed by atoms with E-state index in [9.17, 15) is 0 Å². The van der Waals surface area contributed by atoms with Crippen LogP contribution in [-0.4, -0.2) is 18.9 Å². The van der Waals surface area contributed by atoms with Gasteiger partial charge in [-0.15, -0.1) is 0 Å². The van der Waals surface area contributed by atoms with Crippen LogP contribution in [0.5, 0.6) is 11.5 Å². The molecule has 0 fully saturated rings. The number of hydrogen-bond acceptors (Lipinski definition) is 3. The van der Waals surface area contributed by atoms with Crippen LogP contribution in [-0.2, 0) is 12.8 Å². The number of nitrogens with zero attached hydrogens (tertiary/aromatic N) is 4. The van der Waals surface area contributed by atoms with Gasteiger partial charge >= 0.3 is 0 Å². The van der Waals surface area contributed by atoms with Crippen molar-refractivity contribution in [2.45, 2.75) is 40.5 Å². The normalized spacial score (nSPS) is 12.0. The van der Waals surface area contributed by atoms with Gasteiger partial charge in [0.05, 0.1) is 28.4 Å². The van der Waals surface area contributed by atoms with Gasteiger partial charge in [0.15, 0.2) is 0 Å². The third kappa shape index (κ3) is 5.32. The SMILES string of the molecule is CC(C)Cc1cccc(CC(C)C)c1-c1cnc2c3cc(Oc4ccc5c6ccccc6n(-c6ccccn6)c5c4)ccc3c3ccccc3n12. The number of pyridine rings is 2. The van der Waals surface area contributed by atoms with Gasteiger partial charge in [0.25, 0.3) is 0 Å². The van der Waals surface area contributed by atoms with E-state index in [4.69, 9.17) is 14.7 Å². The molecule has 9 aromatic rings. The van der Waals surface area contributed by atoms with Gasteiger partial charge in [0.1, 0.15) is 23.0 Å². The molecule has 0 aliphatic carbocycles.